The van der Waals surface area contributed by atoms with E-state index in [1.165, 1.54) is 0 Å². The van der Waals surface area contributed by atoms with Crippen LogP contribution in [0.4, 0.5) is 5.69 Å². The molecule has 0 bridgehead atoms. The Kier molecular flexibility index (Phi) is 5.93. The lowest BCUT2D eigenvalue weighted by Crippen LogP contribution is -2.11. The number of carbonyl (C=O) groups excluding carboxylic acids is 1. The summed E-state index contributed by atoms with van der Waals surface area (Å²) in [5.41, 5.74) is 1.28. The molecule has 0 heterocycles. The topological polar surface area (TPSA) is 47.6 Å². The normalized spacial score (nSPS) is 10.5. The molecule has 0 aliphatic heterocycles. The number of nitrogens with one attached hydrogen (secondary N) is 1. The van der Waals surface area contributed by atoms with Crippen LogP contribution in [0.3, 0.4) is 0 Å². The van der Waals surface area contributed by atoms with E-state index < -0.39 is 0 Å². The van der Waals surface area contributed by atoms with Gasteiger partial charge in [-0.3, -0.25) is 4.79 Å². The average Bonchev–Trinajstić information content (AvgIpc) is 2.54. The molecule has 1 N–H and O–H groups in total. The van der Waals surface area contributed by atoms with Gasteiger partial charge in [0.25, 0.3) is 5.91 Å². The number of carbonyl (C=O) groups is 1. The highest BCUT2D eigenvalue weighted by Crippen LogP contribution is 2.30. The fourth-order valence-electron chi connectivity index (χ4n) is 2.07. The zero-order valence-corrected chi connectivity index (χ0v) is 14.6. The Morgan fingerprint density at radius 3 is 2.22 bits per heavy atom. The molecule has 0 aromatic heterocycles. The highest BCUT2D eigenvalue weighted by molar-refractivity contribution is 7.99. The minimum atomic E-state index is -0.154. The summed E-state index contributed by atoms with van der Waals surface area (Å²) in [7, 11) is 3.14. The standard InChI is InChI=1S/C18H21NO3S/c1-12(2)23-15-8-5-13(6-9-15)18(20)19-14-7-10-16(21-3)17(11-14)22-4/h5-12H,1-4H3,(H,19,20). The van der Waals surface area contributed by atoms with Crippen molar-refractivity contribution in [1.82, 2.24) is 0 Å². The number of anilines is 1. The van der Waals surface area contributed by atoms with E-state index in [0.717, 1.165) is 4.90 Å². The van der Waals surface area contributed by atoms with Gasteiger partial charge in [0.2, 0.25) is 0 Å². The highest BCUT2D eigenvalue weighted by Gasteiger charge is 2.09. The van der Waals surface area contributed by atoms with Gasteiger partial charge >= 0.3 is 0 Å². The van der Waals surface area contributed by atoms with Crippen LogP contribution in [0.2, 0.25) is 0 Å². The molecule has 2 aromatic carbocycles. The molecule has 0 radical (unpaired) electrons. The second-order valence-corrected chi connectivity index (χ2v) is 6.86. The number of amides is 1. The second-order valence-electron chi connectivity index (χ2n) is 5.21. The first-order valence-electron chi connectivity index (χ1n) is 7.33. The van der Waals surface area contributed by atoms with Crippen molar-refractivity contribution in [3.63, 3.8) is 0 Å². The summed E-state index contributed by atoms with van der Waals surface area (Å²) in [4.78, 5) is 13.5. The van der Waals surface area contributed by atoms with E-state index in [1.54, 1.807) is 44.2 Å². The first-order chi connectivity index (χ1) is 11.0. The Labute approximate surface area is 141 Å². The van der Waals surface area contributed by atoms with Crippen molar-refractivity contribution in [2.45, 2.75) is 24.0 Å². The van der Waals surface area contributed by atoms with Crippen LogP contribution >= 0.6 is 11.8 Å². The van der Waals surface area contributed by atoms with Gasteiger partial charge in [0.15, 0.2) is 11.5 Å². The molecular weight excluding hydrogens is 310 g/mol. The molecule has 0 saturated heterocycles. The van der Waals surface area contributed by atoms with Crippen LogP contribution in [0.5, 0.6) is 11.5 Å². The zero-order chi connectivity index (χ0) is 16.8. The maximum atomic E-state index is 12.3. The predicted octanol–water partition coefficient (Wildman–Crippen LogP) is 4.46. The molecular formula is C18H21NO3S. The Hall–Kier alpha value is -2.14. The summed E-state index contributed by atoms with van der Waals surface area (Å²) >= 11 is 1.77. The Morgan fingerprint density at radius 1 is 1.00 bits per heavy atom. The third kappa shape index (κ3) is 4.66. The maximum Gasteiger partial charge on any atom is 0.255 e. The van der Waals surface area contributed by atoms with Gasteiger partial charge in [-0.25, -0.2) is 0 Å². The van der Waals surface area contributed by atoms with Gasteiger partial charge in [-0.1, -0.05) is 13.8 Å². The number of hydrogen-bond donors (Lipinski definition) is 1. The summed E-state index contributed by atoms with van der Waals surface area (Å²) in [6, 6.07) is 12.9. The molecule has 2 rings (SSSR count). The first-order valence-corrected chi connectivity index (χ1v) is 8.21. The number of rotatable bonds is 6. The molecule has 0 atom stereocenters. The van der Waals surface area contributed by atoms with Crippen LogP contribution in [0.25, 0.3) is 0 Å². The van der Waals surface area contributed by atoms with Crippen molar-refractivity contribution < 1.29 is 14.3 Å². The number of hydrogen-bond acceptors (Lipinski definition) is 4. The van der Waals surface area contributed by atoms with Gasteiger partial charge < -0.3 is 14.8 Å². The number of methoxy groups -OCH3 is 2. The number of ether oxygens (including phenoxy) is 2. The van der Waals surface area contributed by atoms with Gasteiger partial charge in [-0.05, 0) is 36.4 Å². The summed E-state index contributed by atoms with van der Waals surface area (Å²) in [6.07, 6.45) is 0. The van der Waals surface area contributed by atoms with Crippen LogP contribution in [-0.4, -0.2) is 25.4 Å². The molecule has 0 fully saturated rings. The molecule has 0 unspecified atom stereocenters. The van der Waals surface area contributed by atoms with Crippen LogP contribution in [-0.2, 0) is 0 Å². The SMILES string of the molecule is COc1ccc(NC(=O)c2ccc(SC(C)C)cc2)cc1OC. The number of thioether (sulfide) groups is 1. The second kappa shape index (κ2) is 7.92. The minimum absolute atomic E-state index is 0.154. The van der Waals surface area contributed by atoms with E-state index in [-0.39, 0.29) is 5.91 Å². The molecule has 0 spiro atoms. The summed E-state index contributed by atoms with van der Waals surface area (Å²) in [5, 5.41) is 3.38. The third-order valence-corrected chi connectivity index (χ3v) is 4.15. The first kappa shape index (κ1) is 17.2. The largest absolute Gasteiger partial charge is 0.493 e. The van der Waals surface area contributed by atoms with E-state index >= 15 is 0 Å². The van der Waals surface area contributed by atoms with E-state index in [9.17, 15) is 4.79 Å². The summed E-state index contributed by atoms with van der Waals surface area (Å²) < 4.78 is 10.4. The van der Waals surface area contributed by atoms with Crippen molar-refractivity contribution in [3.05, 3.63) is 48.0 Å². The van der Waals surface area contributed by atoms with Crippen LogP contribution in [0.15, 0.2) is 47.4 Å². The fraction of sp³-hybridized carbons (Fsp3) is 0.278. The predicted molar refractivity (Wildman–Crippen MR) is 94.9 cm³/mol. The van der Waals surface area contributed by atoms with Crippen molar-refractivity contribution >= 4 is 23.4 Å². The lowest BCUT2D eigenvalue weighted by molar-refractivity contribution is 0.102. The molecule has 23 heavy (non-hydrogen) atoms. The van der Waals surface area contributed by atoms with Crippen molar-refractivity contribution in [2.24, 2.45) is 0 Å². The van der Waals surface area contributed by atoms with Crippen LogP contribution in [0.1, 0.15) is 24.2 Å². The van der Waals surface area contributed by atoms with Gasteiger partial charge in [-0.2, -0.15) is 0 Å². The molecule has 1 amide bonds. The highest BCUT2D eigenvalue weighted by atomic mass is 32.2. The van der Waals surface area contributed by atoms with Crippen molar-refractivity contribution in [1.29, 1.82) is 0 Å². The average molecular weight is 331 g/mol. The molecule has 2 aromatic rings. The van der Waals surface area contributed by atoms with Gasteiger partial charge in [0, 0.05) is 27.5 Å². The molecule has 122 valence electrons. The van der Waals surface area contributed by atoms with Gasteiger partial charge in [0.1, 0.15) is 0 Å². The lowest BCUT2D eigenvalue weighted by Gasteiger charge is -2.11. The Morgan fingerprint density at radius 2 is 1.65 bits per heavy atom. The van der Waals surface area contributed by atoms with Gasteiger partial charge in [-0.15, -0.1) is 11.8 Å². The van der Waals surface area contributed by atoms with E-state index in [1.807, 2.05) is 24.3 Å². The van der Waals surface area contributed by atoms with Gasteiger partial charge in [0.05, 0.1) is 14.2 Å². The Balaban J connectivity index is 2.09. The maximum absolute atomic E-state index is 12.3. The van der Waals surface area contributed by atoms with Crippen molar-refractivity contribution in [2.75, 3.05) is 19.5 Å². The van der Waals surface area contributed by atoms with Crippen LogP contribution in [0, 0.1) is 0 Å². The zero-order valence-electron chi connectivity index (χ0n) is 13.8. The van der Waals surface area contributed by atoms with Crippen molar-refractivity contribution in [3.8, 4) is 11.5 Å². The minimum Gasteiger partial charge on any atom is -0.493 e. The monoisotopic (exact) mass is 331 g/mol. The van der Waals surface area contributed by atoms with E-state index in [0.29, 0.717) is 28.0 Å². The smallest absolute Gasteiger partial charge is 0.255 e. The Bertz CT molecular complexity index is 668. The lowest BCUT2D eigenvalue weighted by atomic mass is 10.2. The molecule has 0 saturated carbocycles. The summed E-state index contributed by atoms with van der Waals surface area (Å²) in [5.74, 6) is 1.05. The molecule has 5 heteroatoms. The molecule has 4 nitrogen and oxygen atoms in total. The summed E-state index contributed by atoms with van der Waals surface area (Å²) in [6.45, 7) is 4.28. The quantitative estimate of drug-likeness (QED) is 0.794. The third-order valence-electron chi connectivity index (χ3n) is 3.13. The number of benzene rings is 2. The van der Waals surface area contributed by atoms with E-state index in [2.05, 4.69) is 19.2 Å². The molecule has 0 aliphatic carbocycles. The fourth-order valence-corrected chi connectivity index (χ4v) is 2.91. The van der Waals surface area contributed by atoms with Crippen LogP contribution < -0.4 is 14.8 Å². The van der Waals surface area contributed by atoms with E-state index in [4.69, 9.17) is 9.47 Å². The molecule has 0 aliphatic rings.